The van der Waals surface area contributed by atoms with Gasteiger partial charge in [0.25, 0.3) is 15.9 Å². The molecule has 3 aromatic rings. The molecule has 36 heavy (non-hydrogen) atoms. The predicted octanol–water partition coefficient (Wildman–Crippen LogP) is 3.53. The van der Waals surface area contributed by atoms with Crippen molar-refractivity contribution in [3.05, 3.63) is 83.9 Å². The molecule has 3 aromatic carbocycles. The number of carbonyl (C=O) groups excluding carboxylic acids is 1. The summed E-state index contributed by atoms with van der Waals surface area (Å²) in [7, 11) is -2.23. The predicted molar refractivity (Wildman–Crippen MR) is 139 cm³/mol. The van der Waals surface area contributed by atoms with Gasteiger partial charge >= 0.3 is 0 Å². The molecule has 0 spiro atoms. The normalized spacial score (nSPS) is 14.3. The summed E-state index contributed by atoms with van der Waals surface area (Å²) in [6, 6.07) is 21.5. The molecule has 0 aromatic heterocycles. The fourth-order valence-corrected chi connectivity index (χ4v) is 5.20. The van der Waals surface area contributed by atoms with Crippen molar-refractivity contribution in [1.82, 2.24) is 9.80 Å². The fraction of sp³-hybridized carbons (Fsp3) is 0.296. The minimum absolute atomic E-state index is 0.0772. The highest BCUT2D eigenvalue weighted by Crippen LogP contribution is 2.24. The Morgan fingerprint density at radius 2 is 1.64 bits per heavy atom. The molecule has 0 bridgehead atoms. The number of aryl methyl sites for hydroxylation is 1. The monoisotopic (exact) mass is 509 g/mol. The minimum atomic E-state index is -3.77. The third-order valence-electron chi connectivity index (χ3n) is 6.12. The summed E-state index contributed by atoms with van der Waals surface area (Å²) in [6.07, 6.45) is 0. The van der Waals surface area contributed by atoms with E-state index in [1.165, 1.54) is 17.7 Å². The van der Waals surface area contributed by atoms with E-state index in [0.717, 1.165) is 19.6 Å². The standard InChI is InChI=1S/C27H31N3O5S/c1-21-18-25(36(32,33)28-23-8-10-24(34-2)11-9-23)12-13-26(21)35-20-27(31)30-16-14-29(15-17-30)19-22-6-4-3-5-7-22/h3-13,18,28H,14-17,19-20H2,1-2H3. The summed E-state index contributed by atoms with van der Waals surface area (Å²) >= 11 is 0. The van der Waals surface area contributed by atoms with Crippen LogP contribution in [-0.4, -0.2) is 64.0 Å². The summed E-state index contributed by atoms with van der Waals surface area (Å²) in [4.78, 5) is 17.0. The van der Waals surface area contributed by atoms with Crippen LogP contribution in [0.4, 0.5) is 5.69 Å². The van der Waals surface area contributed by atoms with Gasteiger partial charge in [-0.2, -0.15) is 0 Å². The summed E-state index contributed by atoms with van der Waals surface area (Å²) in [5.41, 5.74) is 2.33. The van der Waals surface area contributed by atoms with Crippen LogP contribution in [0.3, 0.4) is 0 Å². The zero-order valence-corrected chi connectivity index (χ0v) is 21.3. The Bertz CT molecular complexity index is 1270. The number of nitrogens with zero attached hydrogens (tertiary/aromatic N) is 2. The Labute approximate surface area is 212 Å². The number of hydrogen-bond donors (Lipinski definition) is 1. The topological polar surface area (TPSA) is 88.2 Å². The maximum Gasteiger partial charge on any atom is 0.261 e. The molecule has 1 aliphatic heterocycles. The smallest absolute Gasteiger partial charge is 0.261 e. The number of ether oxygens (including phenoxy) is 2. The van der Waals surface area contributed by atoms with Crippen LogP contribution >= 0.6 is 0 Å². The van der Waals surface area contributed by atoms with Crippen LogP contribution in [0.1, 0.15) is 11.1 Å². The first-order valence-corrected chi connectivity index (χ1v) is 13.3. The largest absolute Gasteiger partial charge is 0.497 e. The number of piperazine rings is 1. The zero-order valence-electron chi connectivity index (χ0n) is 20.5. The molecule has 1 heterocycles. The van der Waals surface area contributed by atoms with Gasteiger partial charge in [0.15, 0.2) is 6.61 Å². The van der Waals surface area contributed by atoms with Gasteiger partial charge in [-0.15, -0.1) is 0 Å². The van der Waals surface area contributed by atoms with Crippen LogP contribution in [0, 0.1) is 6.92 Å². The summed E-state index contributed by atoms with van der Waals surface area (Å²) in [5.74, 6) is 1.04. The average Bonchev–Trinajstić information content (AvgIpc) is 2.89. The SMILES string of the molecule is COc1ccc(NS(=O)(=O)c2ccc(OCC(=O)N3CCN(Cc4ccccc4)CC3)c(C)c2)cc1. The Morgan fingerprint density at radius 3 is 2.28 bits per heavy atom. The highest BCUT2D eigenvalue weighted by Gasteiger charge is 2.22. The van der Waals surface area contributed by atoms with E-state index >= 15 is 0 Å². The van der Waals surface area contributed by atoms with Gasteiger partial charge in [0.05, 0.1) is 12.0 Å². The van der Waals surface area contributed by atoms with Gasteiger partial charge in [-0.1, -0.05) is 30.3 Å². The first-order valence-electron chi connectivity index (χ1n) is 11.8. The number of nitrogens with one attached hydrogen (secondary N) is 1. The van der Waals surface area contributed by atoms with Gasteiger partial charge in [0.1, 0.15) is 11.5 Å². The van der Waals surface area contributed by atoms with E-state index in [2.05, 4.69) is 21.8 Å². The van der Waals surface area contributed by atoms with Gasteiger partial charge in [-0.25, -0.2) is 8.42 Å². The van der Waals surface area contributed by atoms with Crippen LogP contribution in [0.5, 0.6) is 11.5 Å². The first-order chi connectivity index (χ1) is 17.3. The zero-order chi connectivity index (χ0) is 25.5. The van der Waals surface area contributed by atoms with Crippen LogP contribution in [0.2, 0.25) is 0 Å². The van der Waals surface area contributed by atoms with E-state index in [1.807, 2.05) is 23.1 Å². The highest BCUT2D eigenvalue weighted by atomic mass is 32.2. The van der Waals surface area contributed by atoms with Crippen molar-refractivity contribution in [2.75, 3.05) is 44.6 Å². The van der Waals surface area contributed by atoms with E-state index < -0.39 is 10.0 Å². The molecule has 190 valence electrons. The van der Waals surface area contributed by atoms with E-state index in [0.29, 0.717) is 35.8 Å². The molecule has 0 unspecified atom stereocenters. The van der Waals surface area contributed by atoms with Crippen molar-refractivity contribution in [3.63, 3.8) is 0 Å². The third kappa shape index (κ3) is 6.56. The van der Waals surface area contributed by atoms with Gasteiger partial charge in [-0.3, -0.25) is 14.4 Å². The van der Waals surface area contributed by atoms with E-state index in [4.69, 9.17) is 9.47 Å². The maximum atomic E-state index is 12.8. The molecule has 8 nitrogen and oxygen atoms in total. The van der Waals surface area contributed by atoms with E-state index in [-0.39, 0.29) is 17.4 Å². The van der Waals surface area contributed by atoms with Gasteiger partial charge in [0.2, 0.25) is 0 Å². The van der Waals surface area contributed by atoms with E-state index in [9.17, 15) is 13.2 Å². The molecule has 9 heteroatoms. The lowest BCUT2D eigenvalue weighted by Crippen LogP contribution is -2.49. The second-order valence-electron chi connectivity index (χ2n) is 8.69. The lowest BCUT2D eigenvalue weighted by Gasteiger charge is -2.34. The van der Waals surface area contributed by atoms with Crippen LogP contribution < -0.4 is 14.2 Å². The Kier molecular flexibility index (Phi) is 8.12. The van der Waals surface area contributed by atoms with Crippen molar-refractivity contribution >= 4 is 21.6 Å². The molecule has 0 atom stereocenters. The Morgan fingerprint density at radius 1 is 0.944 bits per heavy atom. The van der Waals surface area contributed by atoms with Crippen molar-refractivity contribution in [2.45, 2.75) is 18.4 Å². The Balaban J connectivity index is 1.29. The Hall–Kier alpha value is -3.56. The molecule has 1 saturated heterocycles. The number of sulfonamides is 1. The molecule has 0 aliphatic carbocycles. The molecule has 0 radical (unpaired) electrons. The molecule has 1 fully saturated rings. The van der Waals surface area contributed by atoms with Crippen molar-refractivity contribution in [2.24, 2.45) is 0 Å². The van der Waals surface area contributed by atoms with Crippen molar-refractivity contribution in [1.29, 1.82) is 0 Å². The highest BCUT2D eigenvalue weighted by molar-refractivity contribution is 7.92. The second kappa shape index (κ2) is 11.5. The number of rotatable bonds is 9. The van der Waals surface area contributed by atoms with Gasteiger partial charge in [0, 0.05) is 38.4 Å². The molecule has 0 saturated carbocycles. The second-order valence-corrected chi connectivity index (χ2v) is 10.4. The fourth-order valence-electron chi connectivity index (χ4n) is 4.05. The lowest BCUT2D eigenvalue weighted by molar-refractivity contribution is -0.135. The maximum absolute atomic E-state index is 12.8. The molecular weight excluding hydrogens is 478 g/mol. The van der Waals surface area contributed by atoms with E-state index in [1.54, 1.807) is 44.4 Å². The quantitative estimate of drug-likeness (QED) is 0.475. The van der Waals surface area contributed by atoms with Crippen LogP contribution in [-0.2, 0) is 21.4 Å². The van der Waals surface area contributed by atoms with Gasteiger partial charge < -0.3 is 14.4 Å². The summed E-state index contributed by atoms with van der Waals surface area (Å²) in [6.45, 7) is 5.48. The van der Waals surface area contributed by atoms with Crippen LogP contribution in [0.25, 0.3) is 0 Å². The molecular formula is C27H31N3O5S. The lowest BCUT2D eigenvalue weighted by atomic mass is 10.2. The molecule has 4 rings (SSSR count). The number of amides is 1. The third-order valence-corrected chi connectivity index (χ3v) is 7.50. The number of benzene rings is 3. The number of hydrogen-bond acceptors (Lipinski definition) is 6. The summed E-state index contributed by atoms with van der Waals surface area (Å²) in [5, 5.41) is 0. The summed E-state index contributed by atoms with van der Waals surface area (Å²) < 4.78 is 39.0. The number of anilines is 1. The van der Waals surface area contributed by atoms with Gasteiger partial charge in [-0.05, 0) is 60.5 Å². The molecule has 1 amide bonds. The minimum Gasteiger partial charge on any atom is -0.497 e. The number of carbonyl (C=O) groups is 1. The molecule has 1 aliphatic rings. The first kappa shape index (κ1) is 25.5. The van der Waals surface area contributed by atoms with Crippen molar-refractivity contribution < 1.29 is 22.7 Å². The molecule has 1 N–H and O–H groups in total. The van der Waals surface area contributed by atoms with Crippen LogP contribution in [0.15, 0.2) is 77.7 Å². The average molecular weight is 510 g/mol. The number of methoxy groups -OCH3 is 1. The van der Waals surface area contributed by atoms with Crippen molar-refractivity contribution in [3.8, 4) is 11.5 Å².